The Hall–Kier alpha value is -3.28. The summed E-state index contributed by atoms with van der Waals surface area (Å²) in [4.78, 5) is 16.6. The molecule has 2 N–H and O–H groups in total. The van der Waals surface area contributed by atoms with Gasteiger partial charge in [0.2, 0.25) is 10.0 Å². The summed E-state index contributed by atoms with van der Waals surface area (Å²) >= 11 is 12.2. The van der Waals surface area contributed by atoms with E-state index < -0.39 is 27.8 Å². The summed E-state index contributed by atoms with van der Waals surface area (Å²) < 4.78 is 68.6. The minimum Gasteiger partial charge on any atom is -0.319 e. The third-order valence-corrected chi connectivity index (χ3v) is 6.03. The SMILES string of the molecule is CS(=O)(=O)Nc1cccc(-c2c(C(F)(F)F)nc3c(NC(=O)c4c(Cl)cccc4Cl)cccn23)c1. The second-order valence-electron chi connectivity index (χ2n) is 7.43. The molecule has 0 aliphatic rings. The average molecular weight is 543 g/mol. The van der Waals surface area contributed by atoms with E-state index in [1.807, 2.05) is 0 Å². The first kappa shape index (κ1) is 24.8. The number of benzene rings is 2. The molecule has 2 aromatic heterocycles. The fraction of sp³-hybridized carbons (Fsp3) is 0.0909. The maximum atomic E-state index is 14.0. The zero-order chi connectivity index (χ0) is 25.5. The Balaban J connectivity index is 1.87. The van der Waals surface area contributed by atoms with Crippen molar-refractivity contribution in [2.75, 3.05) is 16.3 Å². The number of alkyl halides is 3. The largest absolute Gasteiger partial charge is 0.435 e. The van der Waals surface area contributed by atoms with Crippen LogP contribution in [0.2, 0.25) is 10.0 Å². The molecular weight excluding hydrogens is 528 g/mol. The lowest BCUT2D eigenvalue weighted by Gasteiger charge is -2.11. The Bertz CT molecular complexity index is 1550. The van der Waals surface area contributed by atoms with E-state index in [1.54, 1.807) is 6.07 Å². The zero-order valence-corrected chi connectivity index (χ0v) is 20.0. The number of sulfonamides is 1. The minimum absolute atomic E-state index is 0.0179. The van der Waals surface area contributed by atoms with Crippen LogP contribution in [-0.2, 0) is 16.2 Å². The number of hydrogen-bond acceptors (Lipinski definition) is 4. The summed E-state index contributed by atoms with van der Waals surface area (Å²) in [7, 11) is -3.66. The maximum Gasteiger partial charge on any atom is 0.435 e. The number of carbonyl (C=O) groups excluding carboxylic acids is 1. The highest BCUT2D eigenvalue weighted by molar-refractivity contribution is 7.92. The number of hydrogen-bond donors (Lipinski definition) is 2. The third-order valence-electron chi connectivity index (χ3n) is 4.80. The summed E-state index contributed by atoms with van der Waals surface area (Å²) in [6.07, 6.45) is -2.58. The molecule has 182 valence electrons. The molecule has 0 saturated carbocycles. The molecule has 0 radical (unpaired) electrons. The normalized spacial score (nSPS) is 12.1. The summed E-state index contributed by atoms with van der Waals surface area (Å²) in [5, 5.41) is 2.65. The fourth-order valence-corrected chi connectivity index (χ4v) is 4.61. The number of nitrogens with zero attached hydrogens (tertiary/aromatic N) is 2. The maximum absolute atomic E-state index is 14.0. The van der Waals surface area contributed by atoms with E-state index in [4.69, 9.17) is 23.2 Å². The van der Waals surface area contributed by atoms with Crippen molar-refractivity contribution in [1.29, 1.82) is 0 Å². The van der Waals surface area contributed by atoms with Crippen molar-refractivity contribution in [3.05, 3.63) is 82.1 Å². The van der Waals surface area contributed by atoms with Gasteiger partial charge in [0, 0.05) is 17.4 Å². The van der Waals surface area contributed by atoms with Gasteiger partial charge in [0.25, 0.3) is 5.91 Å². The summed E-state index contributed by atoms with van der Waals surface area (Å²) in [5.74, 6) is -0.730. The van der Waals surface area contributed by atoms with Gasteiger partial charge in [-0.2, -0.15) is 13.2 Å². The molecule has 0 aliphatic heterocycles. The number of rotatable bonds is 5. The summed E-state index contributed by atoms with van der Waals surface area (Å²) in [6, 6.07) is 12.7. The number of carbonyl (C=O) groups is 1. The first-order chi connectivity index (χ1) is 16.3. The Morgan fingerprint density at radius 1 is 1.03 bits per heavy atom. The van der Waals surface area contributed by atoms with E-state index in [9.17, 15) is 26.4 Å². The van der Waals surface area contributed by atoms with Gasteiger partial charge < -0.3 is 5.32 Å². The van der Waals surface area contributed by atoms with Gasteiger partial charge in [0.05, 0.1) is 33.2 Å². The monoisotopic (exact) mass is 542 g/mol. The molecule has 0 spiro atoms. The van der Waals surface area contributed by atoms with Crippen molar-refractivity contribution in [2.45, 2.75) is 6.18 Å². The predicted molar refractivity (Wildman–Crippen MR) is 129 cm³/mol. The van der Waals surface area contributed by atoms with Crippen molar-refractivity contribution in [3.8, 4) is 11.3 Å². The van der Waals surface area contributed by atoms with Crippen LogP contribution in [0.3, 0.4) is 0 Å². The fourth-order valence-electron chi connectivity index (χ4n) is 3.48. The molecule has 2 heterocycles. The molecule has 0 aliphatic carbocycles. The van der Waals surface area contributed by atoms with E-state index in [0.717, 1.165) is 10.7 Å². The van der Waals surface area contributed by atoms with E-state index in [1.165, 1.54) is 54.7 Å². The van der Waals surface area contributed by atoms with Crippen LogP contribution in [0.15, 0.2) is 60.8 Å². The van der Waals surface area contributed by atoms with Crippen molar-refractivity contribution >= 4 is 56.2 Å². The Morgan fingerprint density at radius 2 is 1.69 bits per heavy atom. The molecule has 35 heavy (non-hydrogen) atoms. The first-order valence-corrected chi connectivity index (χ1v) is 12.4. The van der Waals surface area contributed by atoms with Crippen LogP contribution >= 0.6 is 23.2 Å². The Kier molecular flexibility index (Phi) is 6.43. The summed E-state index contributed by atoms with van der Waals surface area (Å²) in [5.41, 5.74) is -1.67. The molecule has 0 bridgehead atoms. The number of aromatic nitrogens is 2. The van der Waals surface area contributed by atoms with Crippen molar-refractivity contribution in [2.24, 2.45) is 0 Å². The molecule has 0 saturated heterocycles. The molecule has 13 heteroatoms. The summed E-state index contributed by atoms with van der Waals surface area (Å²) in [6.45, 7) is 0. The van der Waals surface area contributed by atoms with Crippen LogP contribution in [0.5, 0.6) is 0 Å². The van der Waals surface area contributed by atoms with Gasteiger partial charge in [-0.05, 0) is 36.4 Å². The molecule has 0 atom stereocenters. The predicted octanol–water partition coefficient (Wildman–Crippen LogP) is 5.95. The van der Waals surface area contributed by atoms with Crippen LogP contribution in [0.25, 0.3) is 16.9 Å². The molecule has 0 fully saturated rings. The molecule has 4 aromatic rings. The average Bonchev–Trinajstić information content (AvgIpc) is 3.14. The molecule has 1 amide bonds. The molecule has 7 nitrogen and oxygen atoms in total. The van der Waals surface area contributed by atoms with Crippen LogP contribution in [0.4, 0.5) is 24.5 Å². The van der Waals surface area contributed by atoms with E-state index >= 15 is 0 Å². The second kappa shape index (κ2) is 9.06. The zero-order valence-electron chi connectivity index (χ0n) is 17.7. The number of imidazole rings is 1. The van der Waals surface area contributed by atoms with Crippen molar-refractivity contribution in [1.82, 2.24) is 9.38 Å². The van der Waals surface area contributed by atoms with Gasteiger partial charge in [0.1, 0.15) is 0 Å². The van der Waals surface area contributed by atoms with Gasteiger partial charge in [-0.15, -0.1) is 0 Å². The number of fused-ring (bicyclic) bond motifs is 1. The van der Waals surface area contributed by atoms with Gasteiger partial charge in [0.15, 0.2) is 11.3 Å². The minimum atomic E-state index is -4.85. The van der Waals surface area contributed by atoms with Crippen molar-refractivity contribution < 1.29 is 26.4 Å². The molecule has 0 unspecified atom stereocenters. The lowest BCUT2D eigenvalue weighted by Crippen LogP contribution is -2.14. The van der Waals surface area contributed by atoms with E-state index in [-0.39, 0.29) is 43.9 Å². The number of pyridine rings is 1. The van der Waals surface area contributed by atoms with Crippen LogP contribution in [0, 0.1) is 0 Å². The number of anilines is 2. The van der Waals surface area contributed by atoms with E-state index in [2.05, 4.69) is 15.0 Å². The highest BCUT2D eigenvalue weighted by Crippen LogP contribution is 2.39. The van der Waals surface area contributed by atoms with Crippen LogP contribution < -0.4 is 10.0 Å². The molecule has 2 aromatic carbocycles. The molecule has 4 rings (SSSR count). The van der Waals surface area contributed by atoms with Gasteiger partial charge >= 0.3 is 6.18 Å². The van der Waals surface area contributed by atoms with Crippen LogP contribution in [-0.4, -0.2) is 30.0 Å². The van der Waals surface area contributed by atoms with Crippen LogP contribution in [0.1, 0.15) is 16.1 Å². The van der Waals surface area contributed by atoms with E-state index in [0.29, 0.717) is 0 Å². The Morgan fingerprint density at radius 3 is 2.31 bits per heavy atom. The first-order valence-electron chi connectivity index (χ1n) is 9.77. The smallest absolute Gasteiger partial charge is 0.319 e. The molecular formula is C22H15Cl2F3N4O3S. The quantitative estimate of drug-likeness (QED) is 0.326. The van der Waals surface area contributed by atoms with Gasteiger partial charge in [-0.1, -0.05) is 41.4 Å². The third kappa shape index (κ3) is 5.21. The number of halogens is 5. The number of amides is 1. The van der Waals surface area contributed by atoms with Gasteiger partial charge in [-0.3, -0.25) is 13.9 Å². The lowest BCUT2D eigenvalue weighted by atomic mass is 10.1. The highest BCUT2D eigenvalue weighted by atomic mass is 35.5. The standard InChI is InChI=1S/C22H15Cl2F3N4O3S/c1-35(33,34)30-13-6-2-5-12(11-13)18-19(22(25,26)27)29-20-16(9-4-10-31(18)20)28-21(32)17-14(23)7-3-8-15(17)24/h2-11,30H,1H3,(H,28,32). The van der Waals surface area contributed by atoms with Gasteiger partial charge in [-0.25, -0.2) is 13.4 Å². The topological polar surface area (TPSA) is 92.6 Å². The van der Waals surface area contributed by atoms with Crippen molar-refractivity contribution in [3.63, 3.8) is 0 Å². The highest BCUT2D eigenvalue weighted by Gasteiger charge is 2.39. The Labute approximate surface area is 207 Å². The second-order valence-corrected chi connectivity index (χ2v) is 9.99. The number of nitrogens with one attached hydrogen (secondary N) is 2. The lowest BCUT2D eigenvalue weighted by molar-refractivity contribution is -0.140.